The van der Waals surface area contributed by atoms with Gasteiger partial charge in [0.15, 0.2) is 0 Å². The van der Waals surface area contributed by atoms with Gasteiger partial charge < -0.3 is 5.73 Å². The third-order valence-electron chi connectivity index (χ3n) is 3.63. The maximum Gasteiger partial charge on any atom is 0.0569 e. The van der Waals surface area contributed by atoms with Gasteiger partial charge in [0, 0.05) is 10.0 Å². The average molecular weight is 308 g/mol. The predicted molar refractivity (Wildman–Crippen MR) is 87.7 cm³/mol. The number of benzene rings is 2. The topological polar surface area (TPSA) is 26.0 Å². The summed E-state index contributed by atoms with van der Waals surface area (Å²) in [6, 6.07) is 11.8. The van der Waals surface area contributed by atoms with Crippen LogP contribution < -0.4 is 5.73 Å². The third kappa shape index (κ3) is 3.17. The summed E-state index contributed by atoms with van der Waals surface area (Å²) in [6.07, 6.45) is 1.95. The summed E-state index contributed by atoms with van der Waals surface area (Å²) >= 11 is 12.2. The van der Waals surface area contributed by atoms with E-state index in [1.807, 2.05) is 12.1 Å². The molecule has 0 bridgehead atoms. The summed E-state index contributed by atoms with van der Waals surface area (Å²) < 4.78 is 0. The molecule has 2 N–H and O–H groups in total. The maximum atomic E-state index is 6.44. The Bertz CT molecular complexity index is 608. The van der Waals surface area contributed by atoms with E-state index >= 15 is 0 Å². The van der Waals surface area contributed by atoms with Crippen molar-refractivity contribution in [1.29, 1.82) is 0 Å². The molecule has 2 aromatic rings. The largest absolute Gasteiger partial charge is 0.320 e. The normalized spacial score (nSPS) is 12.4. The molecule has 0 spiro atoms. The van der Waals surface area contributed by atoms with Gasteiger partial charge in [-0.2, -0.15) is 0 Å². The molecule has 2 aromatic carbocycles. The van der Waals surface area contributed by atoms with Crippen molar-refractivity contribution in [1.82, 2.24) is 0 Å². The number of hydrogen-bond donors (Lipinski definition) is 1. The van der Waals surface area contributed by atoms with E-state index in [-0.39, 0.29) is 6.04 Å². The van der Waals surface area contributed by atoms with Gasteiger partial charge in [-0.05, 0) is 47.2 Å². The summed E-state index contributed by atoms with van der Waals surface area (Å²) in [5.41, 5.74) is 11.1. The molecule has 1 unspecified atom stereocenters. The summed E-state index contributed by atoms with van der Waals surface area (Å²) in [5, 5.41) is 1.25. The van der Waals surface area contributed by atoms with Crippen molar-refractivity contribution in [2.75, 3.05) is 0 Å². The van der Waals surface area contributed by atoms with E-state index in [1.165, 1.54) is 11.1 Å². The van der Waals surface area contributed by atoms with Crippen LogP contribution in [-0.4, -0.2) is 0 Å². The minimum Gasteiger partial charge on any atom is -0.320 e. The van der Waals surface area contributed by atoms with E-state index in [0.717, 1.165) is 24.0 Å². The molecule has 0 fully saturated rings. The molecule has 20 heavy (non-hydrogen) atoms. The number of aryl methyl sites for hydroxylation is 2. The van der Waals surface area contributed by atoms with Crippen molar-refractivity contribution in [2.45, 2.75) is 32.7 Å². The lowest BCUT2D eigenvalue weighted by atomic mass is 9.92. The lowest BCUT2D eigenvalue weighted by Crippen LogP contribution is -2.15. The zero-order valence-corrected chi connectivity index (χ0v) is 13.3. The molecule has 3 heteroatoms. The van der Waals surface area contributed by atoms with Crippen molar-refractivity contribution >= 4 is 23.2 Å². The Morgan fingerprint density at radius 2 is 1.70 bits per heavy atom. The van der Waals surface area contributed by atoms with Gasteiger partial charge in [-0.25, -0.2) is 0 Å². The van der Waals surface area contributed by atoms with Crippen LogP contribution in [0.2, 0.25) is 10.0 Å². The van der Waals surface area contributed by atoms with Crippen LogP contribution in [0.25, 0.3) is 0 Å². The van der Waals surface area contributed by atoms with Crippen LogP contribution >= 0.6 is 23.2 Å². The summed E-state index contributed by atoms with van der Waals surface area (Å²) in [5.74, 6) is 0. The highest BCUT2D eigenvalue weighted by Crippen LogP contribution is 2.31. The van der Waals surface area contributed by atoms with Crippen LogP contribution in [-0.2, 0) is 12.8 Å². The van der Waals surface area contributed by atoms with E-state index in [1.54, 1.807) is 6.07 Å². The Morgan fingerprint density at radius 1 is 0.950 bits per heavy atom. The molecule has 0 aliphatic rings. The van der Waals surface area contributed by atoms with Crippen molar-refractivity contribution in [3.8, 4) is 0 Å². The smallest absolute Gasteiger partial charge is 0.0569 e. The van der Waals surface area contributed by atoms with Gasteiger partial charge in [-0.3, -0.25) is 0 Å². The minimum absolute atomic E-state index is 0.221. The van der Waals surface area contributed by atoms with Gasteiger partial charge in [0.1, 0.15) is 0 Å². The first-order valence-electron chi connectivity index (χ1n) is 6.89. The second-order valence-corrected chi connectivity index (χ2v) is 5.73. The fraction of sp³-hybridized carbons (Fsp3) is 0.294. The Hall–Kier alpha value is -1.02. The molecule has 0 aromatic heterocycles. The first-order valence-corrected chi connectivity index (χ1v) is 7.64. The molecule has 1 atom stereocenters. The number of nitrogens with two attached hydrogens (primary N) is 1. The van der Waals surface area contributed by atoms with E-state index < -0.39 is 0 Å². The molecular formula is C17H19Cl2N. The molecule has 0 amide bonds. The fourth-order valence-corrected chi connectivity index (χ4v) is 2.92. The highest BCUT2D eigenvalue weighted by atomic mass is 35.5. The van der Waals surface area contributed by atoms with Crippen molar-refractivity contribution in [2.24, 2.45) is 5.73 Å². The predicted octanol–water partition coefficient (Wildman–Crippen LogP) is 5.17. The number of hydrogen-bond acceptors (Lipinski definition) is 1. The van der Waals surface area contributed by atoms with Crippen molar-refractivity contribution in [3.05, 3.63) is 68.7 Å². The van der Waals surface area contributed by atoms with E-state index in [0.29, 0.717) is 10.0 Å². The highest BCUT2D eigenvalue weighted by Gasteiger charge is 2.16. The summed E-state index contributed by atoms with van der Waals surface area (Å²) in [6.45, 7) is 4.28. The second kappa shape index (κ2) is 6.62. The Morgan fingerprint density at radius 3 is 2.30 bits per heavy atom. The van der Waals surface area contributed by atoms with Crippen LogP contribution in [0.3, 0.4) is 0 Å². The molecule has 106 valence electrons. The standard InChI is InChI=1S/C17H19Cl2N/c1-3-11-5-6-12(4-2)15(9-11)17(20)14-8-7-13(18)10-16(14)19/h5-10,17H,3-4,20H2,1-2H3. The van der Waals surface area contributed by atoms with Gasteiger partial charge in [0.05, 0.1) is 6.04 Å². The van der Waals surface area contributed by atoms with Gasteiger partial charge in [-0.1, -0.05) is 61.3 Å². The second-order valence-electron chi connectivity index (χ2n) is 4.88. The first kappa shape index (κ1) is 15.4. The molecule has 0 radical (unpaired) electrons. The van der Waals surface area contributed by atoms with Gasteiger partial charge in [-0.15, -0.1) is 0 Å². The Labute approximate surface area is 130 Å². The maximum absolute atomic E-state index is 6.44. The van der Waals surface area contributed by atoms with Crippen LogP contribution in [0.4, 0.5) is 0 Å². The van der Waals surface area contributed by atoms with Crippen LogP contribution in [0.1, 0.15) is 42.1 Å². The van der Waals surface area contributed by atoms with E-state index in [4.69, 9.17) is 28.9 Å². The van der Waals surface area contributed by atoms with Gasteiger partial charge >= 0.3 is 0 Å². The highest BCUT2D eigenvalue weighted by molar-refractivity contribution is 6.35. The van der Waals surface area contributed by atoms with Gasteiger partial charge in [0.25, 0.3) is 0 Å². The third-order valence-corrected chi connectivity index (χ3v) is 4.19. The Kier molecular flexibility index (Phi) is 5.09. The van der Waals surface area contributed by atoms with E-state index in [9.17, 15) is 0 Å². The molecule has 2 rings (SSSR count). The molecule has 0 aliphatic carbocycles. The molecule has 0 aliphatic heterocycles. The molecule has 0 saturated carbocycles. The van der Waals surface area contributed by atoms with E-state index in [2.05, 4.69) is 32.0 Å². The zero-order valence-electron chi connectivity index (χ0n) is 11.8. The Balaban J connectivity index is 2.48. The van der Waals surface area contributed by atoms with Crippen LogP contribution in [0.15, 0.2) is 36.4 Å². The lowest BCUT2D eigenvalue weighted by Gasteiger charge is -2.19. The lowest BCUT2D eigenvalue weighted by molar-refractivity contribution is 0.845. The quantitative estimate of drug-likeness (QED) is 0.829. The minimum atomic E-state index is -0.221. The first-order chi connectivity index (χ1) is 9.56. The van der Waals surface area contributed by atoms with Crippen LogP contribution in [0, 0.1) is 0 Å². The number of rotatable bonds is 4. The van der Waals surface area contributed by atoms with Crippen molar-refractivity contribution < 1.29 is 0 Å². The summed E-state index contributed by atoms with van der Waals surface area (Å²) in [4.78, 5) is 0. The van der Waals surface area contributed by atoms with Gasteiger partial charge in [0.2, 0.25) is 0 Å². The zero-order chi connectivity index (χ0) is 14.7. The monoisotopic (exact) mass is 307 g/mol. The summed E-state index contributed by atoms with van der Waals surface area (Å²) in [7, 11) is 0. The van der Waals surface area contributed by atoms with Crippen LogP contribution in [0.5, 0.6) is 0 Å². The average Bonchev–Trinajstić information content (AvgIpc) is 2.46. The molecule has 0 saturated heterocycles. The SMILES string of the molecule is CCc1ccc(CC)c(C(N)c2ccc(Cl)cc2Cl)c1. The fourth-order valence-electron chi connectivity index (χ4n) is 2.40. The molecular weight excluding hydrogens is 289 g/mol. The molecule has 0 heterocycles. The number of halogens is 2. The van der Waals surface area contributed by atoms with Crippen molar-refractivity contribution in [3.63, 3.8) is 0 Å². The molecule has 1 nitrogen and oxygen atoms in total.